The number of aromatic nitrogens is 3. The Labute approximate surface area is 139 Å². The predicted octanol–water partition coefficient (Wildman–Crippen LogP) is 2.51. The molecule has 0 spiro atoms. The van der Waals surface area contributed by atoms with Crippen LogP contribution in [0.4, 0.5) is 0 Å². The van der Waals surface area contributed by atoms with Gasteiger partial charge in [-0.25, -0.2) is 9.97 Å². The number of rotatable bonds is 3. The lowest BCUT2D eigenvalue weighted by Crippen LogP contribution is -2.24. The Hall–Kier alpha value is -2.89. The summed E-state index contributed by atoms with van der Waals surface area (Å²) in [6.07, 6.45) is 4.36. The number of imidazole rings is 1. The topological polar surface area (TPSA) is 60.2 Å². The van der Waals surface area contributed by atoms with Gasteiger partial charge in [-0.3, -0.25) is 4.79 Å². The van der Waals surface area contributed by atoms with Crippen molar-refractivity contribution in [2.24, 2.45) is 0 Å². The van der Waals surface area contributed by atoms with Crippen LogP contribution in [0.2, 0.25) is 0 Å². The molecule has 0 N–H and O–H groups in total. The van der Waals surface area contributed by atoms with E-state index in [1.165, 1.54) is 0 Å². The highest BCUT2D eigenvalue weighted by atomic mass is 16.5. The molecule has 1 saturated heterocycles. The highest BCUT2D eigenvalue weighted by Gasteiger charge is 2.32. The predicted molar refractivity (Wildman–Crippen MR) is 90.8 cm³/mol. The number of hydrogen-bond acceptors (Lipinski definition) is 4. The normalized spacial score (nSPS) is 17.7. The molecular weight excluding hydrogens is 304 g/mol. The van der Waals surface area contributed by atoms with Crippen molar-refractivity contribution in [3.63, 3.8) is 0 Å². The molecule has 1 aliphatic rings. The van der Waals surface area contributed by atoms with Gasteiger partial charge in [-0.05, 0) is 18.6 Å². The number of likely N-dealkylation sites (N-methyl/N-ethyl adjacent to an activating group) is 1. The minimum atomic E-state index is -0.206. The third-order valence-corrected chi connectivity index (χ3v) is 4.54. The van der Waals surface area contributed by atoms with Crippen LogP contribution < -0.4 is 4.74 Å². The monoisotopic (exact) mass is 322 g/mol. The minimum absolute atomic E-state index is 0.118. The SMILES string of the molecule is COc1cccc2ccc(-c3nccn3C3CCN(C)C3=O)nc12. The molecule has 6 nitrogen and oxygen atoms in total. The highest BCUT2D eigenvalue weighted by molar-refractivity contribution is 5.86. The molecular formula is C18H18N4O2. The number of carbonyl (C=O) groups is 1. The maximum atomic E-state index is 12.3. The van der Waals surface area contributed by atoms with Gasteiger partial charge < -0.3 is 14.2 Å². The number of benzene rings is 1. The Morgan fingerprint density at radius 1 is 1.25 bits per heavy atom. The average Bonchev–Trinajstić information content (AvgIpc) is 3.21. The van der Waals surface area contributed by atoms with E-state index in [9.17, 15) is 4.79 Å². The molecule has 0 bridgehead atoms. The molecule has 2 aromatic heterocycles. The first kappa shape index (κ1) is 14.7. The average molecular weight is 322 g/mol. The molecule has 1 unspecified atom stereocenters. The summed E-state index contributed by atoms with van der Waals surface area (Å²) >= 11 is 0. The Kier molecular flexibility index (Phi) is 3.45. The molecule has 4 rings (SSSR count). The summed E-state index contributed by atoms with van der Waals surface area (Å²) in [5.41, 5.74) is 1.53. The summed E-state index contributed by atoms with van der Waals surface area (Å²) in [6.45, 7) is 0.764. The van der Waals surface area contributed by atoms with Gasteiger partial charge in [-0.1, -0.05) is 18.2 Å². The van der Waals surface area contributed by atoms with Crippen LogP contribution in [-0.4, -0.2) is 46.0 Å². The summed E-state index contributed by atoms with van der Waals surface area (Å²) in [4.78, 5) is 23.3. The maximum Gasteiger partial charge on any atom is 0.245 e. The van der Waals surface area contributed by atoms with Crippen LogP contribution in [0.1, 0.15) is 12.5 Å². The van der Waals surface area contributed by atoms with E-state index >= 15 is 0 Å². The fraction of sp³-hybridized carbons (Fsp3) is 0.278. The van der Waals surface area contributed by atoms with Crippen molar-refractivity contribution in [3.8, 4) is 17.3 Å². The maximum absolute atomic E-state index is 12.3. The summed E-state index contributed by atoms with van der Waals surface area (Å²) in [5.74, 6) is 1.55. The number of carbonyl (C=O) groups excluding carboxylic acids is 1. The number of pyridine rings is 1. The standard InChI is InChI=1S/C18H18N4O2/c1-21-10-8-14(18(21)23)22-11-9-19-17(22)13-7-6-12-4-3-5-15(24-2)16(12)20-13/h3-7,9,11,14H,8,10H2,1-2H3. The zero-order valence-corrected chi connectivity index (χ0v) is 13.6. The Morgan fingerprint density at radius 3 is 2.88 bits per heavy atom. The van der Waals surface area contributed by atoms with E-state index in [1.54, 1.807) is 18.2 Å². The molecule has 3 heterocycles. The number of likely N-dealkylation sites (tertiary alicyclic amines) is 1. The van der Waals surface area contributed by atoms with Crippen LogP contribution in [0.15, 0.2) is 42.7 Å². The number of para-hydroxylation sites is 1. The molecule has 1 amide bonds. The van der Waals surface area contributed by atoms with Crippen LogP contribution in [0.5, 0.6) is 5.75 Å². The van der Waals surface area contributed by atoms with Gasteiger partial charge in [-0.15, -0.1) is 0 Å². The Morgan fingerprint density at radius 2 is 2.12 bits per heavy atom. The van der Waals surface area contributed by atoms with Crippen molar-refractivity contribution in [2.75, 3.05) is 20.7 Å². The van der Waals surface area contributed by atoms with Crippen molar-refractivity contribution in [2.45, 2.75) is 12.5 Å². The van der Waals surface area contributed by atoms with Crippen molar-refractivity contribution >= 4 is 16.8 Å². The fourth-order valence-electron chi connectivity index (χ4n) is 3.23. The second-order valence-corrected chi connectivity index (χ2v) is 5.95. The van der Waals surface area contributed by atoms with Crippen molar-refractivity contribution in [1.82, 2.24) is 19.4 Å². The number of methoxy groups -OCH3 is 1. The molecule has 1 aliphatic heterocycles. The van der Waals surface area contributed by atoms with Crippen LogP contribution in [0.3, 0.4) is 0 Å². The van der Waals surface area contributed by atoms with E-state index in [1.807, 2.05) is 48.1 Å². The van der Waals surface area contributed by atoms with Gasteiger partial charge in [0.2, 0.25) is 5.91 Å². The van der Waals surface area contributed by atoms with Crippen LogP contribution >= 0.6 is 0 Å². The van der Waals surface area contributed by atoms with Gasteiger partial charge in [0.25, 0.3) is 0 Å². The molecule has 122 valence electrons. The second-order valence-electron chi connectivity index (χ2n) is 5.95. The molecule has 3 aromatic rings. The number of nitrogens with zero attached hydrogens (tertiary/aromatic N) is 4. The molecule has 0 aliphatic carbocycles. The highest BCUT2D eigenvalue weighted by Crippen LogP contribution is 2.30. The van der Waals surface area contributed by atoms with Crippen molar-refractivity contribution < 1.29 is 9.53 Å². The molecule has 1 aromatic carbocycles. The van der Waals surface area contributed by atoms with Crippen molar-refractivity contribution in [1.29, 1.82) is 0 Å². The van der Waals surface area contributed by atoms with Gasteiger partial charge in [0.15, 0.2) is 5.82 Å². The lowest BCUT2D eigenvalue weighted by atomic mass is 10.1. The van der Waals surface area contributed by atoms with E-state index in [2.05, 4.69) is 4.98 Å². The van der Waals surface area contributed by atoms with E-state index in [0.717, 1.165) is 35.3 Å². The summed E-state index contributed by atoms with van der Waals surface area (Å²) in [6, 6.07) is 9.56. The van der Waals surface area contributed by atoms with Gasteiger partial charge in [0.1, 0.15) is 23.0 Å². The lowest BCUT2D eigenvalue weighted by Gasteiger charge is -2.14. The van der Waals surface area contributed by atoms with E-state index in [-0.39, 0.29) is 11.9 Å². The fourth-order valence-corrected chi connectivity index (χ4v) is 3.23. The zero-order chi connectivity index (χ0) is 16.7. The molecule has 0 radical (unpaired) electrons. The Balaban J connectivity index is 1.82. The number of fused-ring (bicyclic) bond motifs is 1. The van der Waals surface area contributed by atoms with E-state index in [0.29, 0.717) is 5.82 Å². The third-order valence-electron chi connectivity index (χ3n) is 4.54. The molecule has 0 saturated carbocycles. The largest absolute Gasteiger partial charge is 0.494 e. The first-order valence-electron chi connectivity index (χ1n) is 7.91. The smallest absolute Gasteiger partial charge is 0.245 e. The van der Waals surface area contributed by atoms with Crippen molar-refractivity contribution in [3.05, 3.63) is 42.7 Å². The summed E-state index contributed by atoms with van der Waals surface area (Å²) in [5, 5.41) is 1.01. The molecule has 6 heteroatoms. The molecule has 1 atom stereocenters. The first-order chi connectivity index (χ1) is 11.7. The second kappa shape index (κ2) is 5.63. The van der Waals surface area contributed by atoms with Gasteiger partial charge in [0.05, 0.1) is 7.11 Å². The third kappa shape index (κ3) is 2.22. The van der Waals surface area contributed by atoms with Crippen LogP contribution in [0, 0.1) is 0 Å². The van der Waals surface area contributed by atoms with E-state index in [4.69, 9.17) is 9.72 Å². The lowest BCUT2D eigenvalue weighted by molar-refractivity contribution is -0.129. The number of amides is 1. The van der Waals surface area contributed by atoms with Gasteiger partial charge >= 0.3 is 0 Å². The molecule has 24 heavy (non-hydrogen) atoms. The van der Waals surface area contributed by atoms with Gasteiger partial charge in [0, 0.05) is 31.4 Å². The summed E-state index contributed by atoms with van der Waals surface area (Å²) < 4.78 is 7.34. The first-order valence-corrected chi connectivity index (χ1v) is 7.91. The zero-order valence-electron chi connectivity index (χ0n) is 13.6. The Bertz CT molecular complexity index is 918. The number of hydrogen-bond donors (Lipinski definition) is 0. The summed E-state index contributed by atoms with van der Waals surface area (Å²) in [7, 11) is 3.47. The van der Waals surface area contributed by atoms with Crippen LogP contribution in [-0.2, 0) is 4.79 Å². The number of ether oxygens (including phenoxy) is 1. The minimum Gasteiger partial charge on any atom is -0.494 e. The van der Waals surface area contributed by atoms with Gasteiger partial charge in [-0.2, -0.15) is 0 Å². The molecule has 1 fully saturated rings. The van der Waals surface area contributed by atoms with E-state index < -0.39 is 0 Å². The quantitative estimate of drug-likeness (QED) is 0.743. The van der Waals surface area contributed by atoms with Crippen LogP contribution in [0.25, 0.3) is 22.4 Å².